The van der Waals surface area contributed by atoms with Crippen LogP contribution in [0.15, 0.2) is 48.5 Å². The normalized spacial score (nSPS) is 26.3. The lowest BCUT2D eigenvalue weighted by molar-refractivity contribution is -0.168. The monoisotopic (exact) mass is 473 g/mol. The van der Waals surface area contributed by atoms with E-state index in [2.05, 4.69) is 32.9 Å². The van der Waals surface area contributed by atoms with Gasteiger partial charge in [-0.2, -0.15) is 0 Å². The summed E-state index contributed by atoms with van der Waals surface area (Å²) < 4.78 is 8.11. The van der Waals surface area contributed by atoms with Crippen LogP contribution in [-0.2, 0) is 9.53 Å². The van der Waals surface area contributed by atoms with Gasteiger partial charge in [0.1, 0.15) is 6.10 Å². The molecule has 0 amide bonds. The molecule has 2 bridgehead atoms. The van der Waals surface area contributed by atoms with Crippen LogP contribution in [0.3, 0.4) is 0 Å². The van der Waals surface area contributed by atoms with Gasteiger partial charge in [-0.05, 0) is 69.4 Å². The summed E-state index contributed by atoms with van der Waals surface area (Å²) in [5.41, 5.74) is 1.34. The summed E-state index contributed by atoms with van der Waals surface area (Å²) in [4.78, 5) is 27.5. The molecule has 1 heterocycles. The minimum atomic E-state index is -0.739. The SMILES string of the molecule is CCC(CC(C)(C)C(=O)OC1CC2CCC1(C)C2(C)C)C(=O)n1c2ccccc2c2ccccc21. The highest BCUT2D eigenvalue weighted by atomic mass is 16.5. The molecule has 4 nitrogen and oxygen atoms in total. The zero-order valence-electron chi connectivity index (χ0n) is 22.1. The number of carbonyl (C=O) groups excluding carboxylic acids is 2. The number of hydrogen-bond donors (Lipinski definition) is 0. The topological polar surface area (TPSA) is 48.3 Å². The predicted octanol–water partition coefficient (Wildman–Crippen LogP) is 7.64. The molecule has 2 aromatic carbocycles. The summed E-state index contributed by atoms with van der Waals surface area (Å²) in [7, 11) is 0. The minimum absolute atomic E-state index is 0.0314. The molecule has 2 saturated carbocycles. The molecule has 2 aliphatic carbocycles. The molecule has 0 aliphatic heterocycles. The highest BCUT2D eigenvalue weighted by molar-refractivity contribution is 6.13. The fourth-order valence-electron chi connectivity index (χ4n) is 7.05. The Morgan fingerprint density at radius 1 is 1.03 bits per heavy atom. The molecule has 4 heteroatoms. The predicted molar refractivity (Wildman–Crippen MR) is 141 cm³/mol. The van der Waals surface area contributed by atoms with Gasteiger partial charge in [0.25, 0.3) is 0 Å². The van der Waals surface area contributed by atoms with Crippen molar-refractivity contribution in [3.05, 3.63) is 48.5 Å². The van der Waals surface area contributed by atoms with Crippen LogP contribution in [0.4, 0.5) is 0 Å². The Hall–Kier alpha value is -2.62. The van der Waals surface area contributed by atoms with Gasteiger partial charge in [0, 0.05) is 22.1 Å². The fraction of sp³-hybridized carbons (Fsp3) is 0.548. The van der Waals surface area contributed by atoms with Crippen molar-refractivity contribution in [2.75, 3.05) is 0 Å². The second-order valence-corrected chi connectivity index (χ2v) is 12.4. The number of esters is 1. The highest BCUT2D eigenvalue weighted by Gasteiger charge is 2.63. The van der Waals surface area contributed by atoms with Gasteiger partial charge in [0.15, 0.2) is 0 Å². The molecule has 2 fully saturated rings. The number of rotatable bonds is 6. The zero-order valence-corrected chi connectivity index (χ0v) is 22.1. The van der Waals surface area contributed by atoms with Crippen molar-refractivity contribution in [3.63, 3.8) is 0 Å². The highest BCUT2D eigenvalue weighted by Crippen LogP contribution is 2.66. The second kappa shape index (κ2) is 8.21. The summed E-state index contributed by atoms with van der Waals surface area (Å²) in [6.07, 6.45) is 4.42. The first-order valence-electron chi connectivity index (χ1n) is 13.2. The van der Waals surface area contributed by atoms with E-state index in [1.54, 1.807) is 0 Å². The molecule has 0 saturated heterocycles. The maximum atomic E-state index is 14.0. The molecular weight excluding hydrogens is 434 g/mol. The van der Waals surface area contributed by atoms with Crippen molar-refractivity contribution in [2.24, 2.45) is 28.1 Å². The van der Waals surface area contributed by atoms with Crippen LogP contribution in [0, 0.1) is 28.1 Å². The Morgan fingerprint density at radius 2 is 1.60 bits per heavy atom. The smallest absolute Gasteiger partial charge is 0.311 e. The average molecular weight is 474 g/mol. The quantitative estimate of drug-likeness (QED) is 0.346. The number of aromatic nitrogens is 1. The summed E-state index contributed by atoms with van der Waals surface area (Å²) in [6, 6.07) is 16.1. The third-order valence-corrected chi connectivity index (χ3v) is 9.92. The van der Waals surface area contributed by atoms with Gasteiger partial charge in [-0.1, -0.05) is 64.1 Å². The van der Waals surface area contributed by atoms with Gasteiger partial charge in [-0.3, -0.25) is 14.2 Å². The Bertz CT molecular complexity index is 1250. The van der Waals surface area contributed by atoms with Gasteiger partial charge in [-0.15, -0.1) is 0 Å². The van der Waals surface area contributed by atoms with E-state index in [0.29, 0.717) is 18.8 Å². The number of para-hydroxylation sites is 2. The van der Waals surface area contributed by atoms with Crippen LogP contribution < -0.4 is 0 Å². The molecule has 3 aromatic rings. The number of ether oxygens (including phenoxy) is 1. The molecule has 4 atom stereocenters. The lowest BCUT2D eigenvalue weighted by atomic mass is 9.70. The van der Waals surface area contributed by atoms with E-state index in [4.69, 9.17) is 4.74 Å². The molecule has 186 valence electrons. The van der Waals surface area contributed by atoms with Gasteiger partial charge < -0.3 is 4.74 Å². The van der Waals surface area contributed by atoms with Crippen molar-refractivity contribution in [2.45, 2.75) is 79.8 Å². The van der Waals surface area contributed by atoms with E-state index < -0.39 is 5.41 Å². The van der Waals surface area contributed by atoms with Crippen LogP contribution in [0.2, 0.25) is 0 Å². The molecular formula is C31H39NO3. The molecule has 1 aromatic heterocycles. The maximum Gasteiger partial charge on any atom is 0.311 e. The molecule has 0 N–H and O–H groups in total. The lowest BCUT2D eigenvalue weighted by Gasteiger charge is -2.39. The van der Waals surface area contributed by atoms with Crippen molar-refractivity contribution in [3.8, 4) is 0 Å². The Labute approximate surface area is 209 Å². The van der Waals surface area contributed by atoms with Gasteiger partial charge >= 0.3 is 5.97 Å². The molecule has 0 spiro atoms. The molecule has 5 rings (SSSR count). The summed E-state index contributed by atoms with van der Waals surface area (Å²) in [5.74, 6) is 0.233. The molecule has 0 radical (unpaired) electrons. The number of benzene rings is 2. The maximum absolute atomic E-state index is 14.0. The Kier molecular flexibility index (Phi) is 5.65. The van der Waals surface area contributed by atoms with Crippen molar-refractivity contribution in [1.82, 2.24) is 4.57 Å². The minimum Gasteiger partial charge on any atom is -0.461 e. The largest absolute Gasteiger partial charge is 0.461 e. The van der Waals surface area contributed by atoms with Gasteiger partial charge in [0.2, 0.25) is 5.91 Å². The second-order valence-electron chi connectivity index (χ2n) is 12.4. The zero-order chi connectivity index (χ0) is 25.2. The van der Waals surface area contributed by atoms with Crippen molar-refractivity contribution in [1.29, 1.82) is 0 Å². The van der Waals surface area contributed by atoms with Gasteiger partial charge in [0.05, 0.1) is 16.4 Å². The van der Waals surface area contributed by atoms with E-state index in [9.17, 15) is 9.59 Å². The lowest BCUT2D eigenvalue weighted by Crippen LogP contribution is -2.41. The number of fused-ring (bicyclic) bond motifs is 5. The van der Waals surface area contributed by atoms with Crippen molar-refractivity contribution < 1.29 is 14.3 Å². The van der Waals surface area contributed by atoms with Crippen LogP contribution in [0.25, 0.3) is 21.8 Å². The third kappa shape index (κ3) is 3.55. The van der Waals surface area contributed by atoms with Crippen LogP contribution >= 0.6 is 0 Å². The average Bonchev–Trinajstić information content (AvgIpc) is 3.35. The Morgan fingerprint density at radius 3 is 2.09 bits per heavy atom. The van der Waals surface area contributed by atoms with Crippen molar-refractivity contribution >= 4 is 33.7 Å². The number of hydrogen-bond acceptors (Lipinski definition) is 3. The number of carbonyl (C=O) groups is 2. The van der Waals surface area contributed by atoms with Crippen LogP contribution in [0.5, 0.6) is 0 Å². The standard InChI is InChI=1S/C31H39NO3/c1-7-20(27(33)32-24-14-10-8-12-22(24)23-13-9-11-15-25(23)32)19-29(2,3)28(34)35-26-18-21-16-17-31(26,6)30(21,4)5/h8-15,20-21,26H,7,16-19H2,1-6H3. The molecule has 4 unspecified atom stereocenters. The fourth-order valence-corrected chi connectivity index (χ4v) is 7.05. The summed E-state index contributed by atoms with van der Waals surface area (Å²) >= 11 is 0. The summed E-state index contributed by atoms with van der Waals surface area (Å²) in [5, 5.41) is 2.16. The van der Waals surface area contributed by atoms with E-state index in [0.717, 1.165) is 34.6 Å². The first-order chi connectivity index (χ1) is 16.5. The Balaban J connectivity index is 1.39. The van der Waals surface area contributed by atoms with Crippen LogP contribution in [-0.4, -0.2) is 22.5 Å². The van der Waals surface area contributed by atoms with E-state index >= 15 is 0 Å². The molecule has 2 aliphatic rings. The third-order valence-electron chi connectivity index (χ3n) is 9.92. The molecule has 35 heavy (non-hydrogen) atoms. The first-order valence-corrected chi connectivity index (χ1v) is 13.2. The van der Waals surface area contributed by atoms with E-state index in [1.165, 1.54) is 6.42 Å². The van der Waals surface area contributed by atoms with E-state index in [-0.39, 0.29) is 34.7 Å². The first kappa shape index (κ1) is 24.1. The number of nitrogens with zero attached hydrogens (tertiary/aromatic N) is 1. The van der Waals surface area contributed by atoms with Gasteiger partial charge in [-0.25, -0.2) is 0 Å². The summed E-state index contributed by atoms with van der Waals surface area (Å²) in [6.45, 7) is 12.9. The van der Waals surface area contributed by atoms with E-state index in [1.807, 2.05) is 61.7 Å². The van der Waals surface area contributed by atoms with Crippen LogP contribution in [0.1, 0.15) is 78.4 Å².